The fourth-order valence-corrected chi connectivity index (χ4v) is 2.53. The minimum absolute atomic E-state index is 0.168. The summed E-state index contributed by atoms with van der Waals surface area (Å²) in [4.78, 5) is 22.7. The fraction of sp³-hybridized carbons (Fsp3) is 0.222. The Morgan fingerprint density at radius 3 is 2.27 bits per heavy atom. The number of hydrogen-bond donors (Lipinski definition) is 2. The molecule has 2 aromatic carbocycles. The Balaban J connectivity index is 2.39. The zero-order valence-electron chi connectivity index (χ0n) is 12.3. The Bertz CT molecular complexity index is 677. The van der Waals surface area contributed by atoms with Crippen LogP contribution >= 0.6 is 0 Å². The number of aliphatic carboxylic acids is 1. The molecule has 0 radical (unpaired) electrons. The van der Waals surface area contributed by atoms with Crippen LogP contribution in [-0.4, -0.2) is 22.2 Å². The van der Waals surface area contributed by atoms with Crippen molar-refractivity contribution in [1.82, 2.24) is 0 Å². The van der Waals surface area contributed by atoms with E-state index in [2.05, 4.69) is 0 Å². The van der Waals surface area contributed by atoms with Gasteiger partial charge in [0.15, 0.2) is 0 Å². The first-order valence-corrected chi connectivity index (χ1v) is 7.15. The number of hydrogen-bond acceptors (Lipinski definition) is 2. The number of aromatic carboxylic acids is 1. The second-order valence-corrected chi connectivity index (χ2v) is 5.18. The summed E-state index contributed by atoms with van der Waals surface area (Å²) in [5.74, 6) is -2.65. The molecule has 0 spiro atoms. The van der Waals surface area contributed by atoms with Crippen molar-refractivity contribution in [2.24, 2.45) is 0 Å². The lowest BCUT2D eigenvalue weighted by molar-refractivity contribution is -0.138. The number of carbonyl (C=O) groups is 2. The van der Waals surface area contributed by atoms with E-state index in [9.17, 15) is 19.8 Å². The van der Waals surface area contributed by atoms with Crippen LogP contribution in [0.2, 0.25) is 0 Å². The van der Waals surface area contributed by atoms with E-state index in [1.54, 1.807) is 19.1 Å². The molecule has 22 heavy (non-hydrogen) atoms. The number of carboxylic acids is 2. The van der Waals surface area contributed by atoms with Gasteiger partial charge in [-0.2, -0.15) is 0 Å². The highest BCUT2D eigenvalue weighted by atomic mass is 16.4. The first-order valence-electron chi connectivity index (χ1n) is 7.15. The molecule has 0 aliphatic heterocycles. The molecule has 0 fully saturated rings. The molecule has 0 bridgehead atoms. The summed E-state index contributed by atoms with van der Waals surface area (Å²) in [6.07, 6.45) is 0.930. The Morgan fingerprint density at radius 2 is 1.73 bits per heavy atom. The standard InChI is InChI=1S/C18H18O4/c1-2-15(17(19)20)14-9-8-13(16(11-14)18(21)22)10-12-6-4-3-5-7-12/h3-9,11,15H,2,10H2,1H3,(H,19,20)(H,21,22). The van der Waals surface area contributed by atoms with Crippen LogP contribution < -0.4 is 0 Å². The van der Waals surface area contributed by atoms with Crippen LogP contribution in [-0.2, 0) is 11.2 Å². The first kappa shape index (κ1) is 15.8. The lowest BCUT2D eigenvalue weighted by atomic mass is 9.91. The van der Waals surface area contributed by atoms with Gasteiger partial charge in [-0.05, 0) is 35.6 Å². The van der Waals surface area contributed by atoms with E-state index in [1.807, 2.05) is 30.3 Å². The lowest BCUT2D eigenvalue weighted by Crippen LogP contribution is -2.12. The van der Waals surface area contributed by atoms with Gasteiger partial charge in [-0.15, -0.1) is 0 Å². The van der Waals surface area contributed by atoms with Gasteiger partial charge in [0, 0.05) is 0 Å². The highest BCUT2D eigenvalue weighted by molar-refractivity contribution is 5.90. The molecule has 0 saturated heterocycles. The van der Waals surface area contributed by atoms with Crippen LogP contribution in [0.4, 0.5) is 0 Å². The molecule has 4 heteroatoms. The van der Waals surface area contributed by atoms with Gasteiger partial charge in [0.2, 0.25) is 0 Å². The summed E-state index contributed by atoms with van der Waals surface area (Å²) >= 11 is 0. The second-order valence-electron chi connectivity index (χ2n) is 5.18. The van der Waals surface area contributed by atoms with Crippen molar-refractivity contribution in [3.05, 3.63) is 70.8 Å². The fourth-order valence-electron chi connectivity index (χ4n) is 2.53. The zero-order valence-corrected chi connectivity index (χ0v) is 12.3. The Kier molecular flexibility index (Phi) is 4.94. The minimum Gasteiger partial charge on any atom is -0.481 e. The highest BCUT2D eigenvalue weighted by Crippen LogP contribution is 2.24. The predicted octanol–water partition coefficient (Wildman–Crippen LogP) is 3.55. The molecule has 1 atom stereocenters. The van der Waals surface area contributed by atoms with E-state index >= 15 is 0 Å². The number of benzene rings is 2. The maximum atomic E-state index is 11.5. The molecule has 0 heterocycles. The van der Waals surface area contributed by atoms with Crippen molar-refractivity contribution in [2.45, 2.75) is 25.7 Å². The topological polar surface area (TPSA) is 74.6 Å². The van der Waals surface area contributed by atoms with Gasteiger partial charge >= 0.3 is 11.9 Å². The SMILES string of the molecule is CCC(C(=O)O)c1ccc(Cc2ccccc2)c(C(=O)O)c1. The van der Waals surface area contributed by atoms with Crippen LogP contribution in [0.25, 0.3) is 0 Å². The molecule has 4 nitrogen and oxygen atoms in total. The summed E-state index contributed by atoms with van der Waals surface area (Å²) < 4.78 is 0. The van der Waals surface area contributed by atoms with Crippen molar-refractivity contribution < 1.29 is 19.8 Å². The van der Waals surface area contributed by atoms with Crippen LogP contribution in [0.15, 0.2) is 48.5 Å². The van der Waals surface area contributed by atoms with Crippen LogP contribution in [0.1, 0.15) is 46.3 Å². The van der Waals surface area contributed by atoms with Crippen molar-refractivity contribution in [2.75, 3.05) is 0 Å². The van der Waals surface area contributed by atoms with Gasteiger partial charge in [-0.1, -0.05) is 49.4 Å². The first-order chi connectivity index (χ1) is 10.5. The second kappa shape index (κ2) is 6.89. The zero-order chi connectivity index (χ0) is 16.1. The van der Waals surface area contributed by atoms with Gasteiger partial charge in [0.1, 0.15) is 0 Å². The van der Waals surface area contributed by atoms with E-state index < -0.39 is 17.9 Å². The molecule has 2 aromatic rings. The molecule has 114 valence electrons. The van der Waals surface area contributed by atoms with E-state index in [4.69, 9.17) is 0 Å². The van der Waals surface area contributed by atoms with Gasteiger partial charge in [0.25, 0.3) is 0 Å². The van der Waals surface area contributed by atoms with E-state index in [1.165, 1.54) is 6.07 Å². The van der Waals surface area contributed by atoms with Crippen molar-refractivity contribution >= 4 is 11.9 Å². The van der Waals surface area contributed by atoms with Gasteiger partial charge in [0.05, 0.1) is 11.5 Å². The van der Waals surface area contributed by atoms with Gasteiger partial charge in [-0.3, -0.25) is 4.79 Å². The largest absolute Gasteiger partial charge is 0.481 e. The highest BCUT2D eigenvalue weighted by Gasteiger charge is 2.20. The Hall–Kier alpha value is -2.62. The Labute approximate surface area is 129 Å². The van der Waals surface area contributed by atoms with Crippen LogP contribution in [0, 0.1) is 0 Å². The van der Waals surface area contributed by atoms with Crippen LogP contribution in [0.3, 0.4) is 0 Å². The quantitative estimate of drug-likeness (QED) is 0.855. The molecule has 2 N–H and O–H groups in total. The minimum atomic E-state index is -1.03. The van der Waals surface area contributed by atoms with E-state index in [0.29, 0.717) is 24.0 Å². The van der Waals surface area contributed by atoms with E-state index in [-0.39, 0.29) is 5.56 Å². The third kappa shape index (κ3) is 3.52. The molecule has 0 aromatic heterocycles. The summed E-state index contributed by atoms with van der Waals surface area (Å²) in [5.41, 5.74) is 2.40. The molecule has 0 aliphatic carbocycles. The molecule has 0 saturated carbocycles. The van der Waals surface area contributed by atoms with Gasteiger partial charge in [-0.25, -0.2) is 4.79 Å². The molecule has 0 aliphatic rings. The van der Waals surface area contributed by atoms with E-state index in [0.717, 1.165) is 5.56 Å². The number of rotatable bonds is 6. The maximum absolute atomic E-state index is 11.5. The van der Waals surface area contributed by atoms with Gasteiger partial charge < -0.3 is 10.2 Å². The predicted molar refractivity (Wildman–Crippen MR) is 83.3 cm³/mol. The summed E-state index contributed by atoms with van der Waals surface area (Å²) in [7, 11) is 0. The molecule has 1 unspecified atom stereocenters. The molecular weight excluding hydrogens is 280 g/mol. The molecular formula is C18H18O4. The van der Waals surface area contributed by atoms with Crippen molar-refractivity contribution in [3.8, 4) is 0 Å². The summed E-state index contributed by atoms with van der Waals surface area (Å²) in [6, 6.07) is 14.5. The van der Waals surface area contributed by atoms with Crippen LogP contribution in [0.5, 0.6) is 0 Å². The average Bonchev–Trinajstić information content (AvgIpc) is 2.49. The Morgan fingerprint density at radius 1 is 1.05 bits per heavy atom. The summed E-state index contributed by atoms with van der Waals surface area (Å²) in [5, 5.41) is 18.6. The molecule has 0 amide bonds. The smallest absolute Gasteiger partial charge is 0.335 e. The average molecular weight is 298 g/mol. The number of carboxylic acid groups (broad SMARTS) is 2. The molecule has 2 rings (SSSR count). The van der Waals surface area contributed by atoms with Crippen molar-refractivity contribution in [1.29, 1.82) is 0 Å². The lowest BCUT2D eigenvalue weighted by Gasteiger charge is -2.13. The monoisotopic (exact) mass is 298 g/mol. The summed E-state index contributed by atoms with van der Waals surface area (Å²) in [6.45, 7) is 1.77. The van der Waals surface area contributed by atoms with Crippen molar-refractivity contribution in [3.63, 3.8) is 0 Å². The normalized spacial score (nSPS) is 11.9. The third-order valence-electron chi connectivity index (χ3n) is 3.71. The third-order valence-corrected chi connectivity index (χ3v) is 3.71. The maximum Gasteiger partial charge on any atom is 0.335 e.